The van der Waals surface area contributed by atoms with Gasteiger partial charge in [-0.15, -0.1) is 0 Å². The number of hydrogen-bond donors (Lipinski definition) is 1. The molecule has 0 saturated carbocycles. The molecule has 0 aliphatic carbocycles. The minimum absolute atomic E-state index is 0.0779. The number of amides is 2. The lowest BCUT2D eigenvalue weighted by Crippen LogP contribution is -2.49. The summed E-state index contributed by atoms with van der Waals surface area (Å²) >= 11 is 18.4. The molecular weight excluding hydrogens is 423 g/mol. The summed E-state index contributed by atoms with van der Waals surface area (Å²) in [6.45, 7) is 3.73. The van der Waals surface area contributed by atoms with Crippen molar-refractivity contribution >= 4 is 46.6 Å². The Labute approximate surface area is 179 Å². The molecule has 8 heteroatoms. The van der Waals surface area contributed by atoms with Gasteiger partial charge in [-0.05, 0) is 44.2 Å². The van der Waals surface area contributed by atoms with Gasteiger partial charge in [0.25, 0.3) is 5.91 Å². The van der Waals surface area contributed by atoms with Crippen LogP contribution in [0, 0.1) is 0 Å². The first-order valence-corrected chi connectivity index (χ1v) is 9.85. The third-order valence-electron chi connectivity index (χ3n) is 4.07. The third kappa shape index (κ3) is 6.03. The summed E-state index contributed by atoms with van der Waals surface area (Å²) in [5, 5.41) is 4.06. The number of carbonyl (C=O) groups is 2. The first-order valence-electron chi connectivity index (χ1n) is 8.72. The van der Waals surface area contributed by atoms with Gasteiger partial charge in [0.05, 0.1) is 0 Å². The van der Waals surface area contributed by atoms with Gasteiger partial charge in [-0.1, -0.05) is 46.9 Å². The number of halogens is 3. The van der Waals surface area contributed by atoms with Gasteiger partial charge >= 0.3 is 0 Å². The Morgan fingerprint density at radius 1 is 1.11 bits per heavy atom. The molecule has 0 unspecified atom stereocenters. The second kappa shape index (κ2) is 10.6. The molecule has 0 aromatic heterocycles. The zero-order valence-corrected chi connectivity index (χ0v) is 17.8. The fraction of sp³-hybridized carbons (Fsp3) is 0.300. The van der Waals surface area contributed by atoms with Crippen LogP contribution < -0.4 is 10.1 Å². The van der Waals surface area contributed by atoms with Crippen LogP contribution in [0.5, 0.6) is 5.75 Å². The molecule has 2 aromatic carbocycles. The molecule has 1 N–H and O–H groups in total. The molecule has 0 aliphatic rings. The molecular formula is C20H21Cl3N2O3. The van der Waals surface area contributed by atoms with E-state index in [1.165, 1.54) is 4.90 Å². The molecule has 0 spiro atoms. The lowest BCUT2D eigenvalue weighted by atomic mass is 10.1. The van der Waals surface area contributed by atoms with Crippen LogP contribution in [0.15, 0.2) is 42.5 Å². The fourth-order valence-electron chi connectivity index (χ4n) is 2.54. The van der Waals surface area contributed by atoms with Crippen molar-refractivity contribution in [3.63, 3.8) is 0 Å². The van der Waals surface area contributed by atoms with E-state index in [-0.39, 0.29) is 25.0 Å². The first kappa shape index (κ1) is 22.3. The smallest absolute Gasteiger partial charge is 0.261 e. The van der Waals surface area contributed by atoms with Crippen molar-refractivity contribution in [2.24, 2.45) is 0 Å². The predicted octanol–water partition coefficient (Wildman–Crippen LogP) is 4.58. The van der Waals surface area contributed by atoms with Crippen molar-refractivity contribution < 1.29 is 14.3 Å². The van der Waals surface area contributed by atoms with Crippen molar-refractivity contribution in [1.82, 2.24) is 10.2 Å². The van der Waals surface area contributed by atoms with Crippen LogP contribution in [0.25, 0.3) is 0 Å². The van der Waals surface area contributed by atoms with Crippen LogP contribution >= 0.6 is 34.8 Å². The Balaban J connectivity index is 2.21. The molecule has 0 bridgehead atoms. The summed E-state index contributed by atoms with van der Waals surface area (Å²) in [4.78, 5) is 26.6. The maximum Gasteiger partial charge on any atom is 0.261 e. The Kier molecular flexibility index (Phi) is 8.42. The molecule has 0 radical (unpaired) electrons. The average Bonchev–Trinajstić information content (AvgIpc) is 2.66. The fourth-order valence-corrected chi connectivity index (χ4v) is 3.24. The Hall–Kier alpha value is -1.95. The molecule has 2 amide bonds. The maximum atomic E-state index is 12.9. The third-order valence-corrected chi connectivity index (χ3v) is 5.01. The van der Waals surface area contributed by atoms with E-state index in [4.69, 9.17) is 39.5 Å². The second-order valence-corrected chi connectivity index (χ2v) is 7.29. The lowest BCUT2D eigenvalue weighted by molar-refractivity contribution is -0.142. The average molecular weight is 444 g/mol. The number of hydrogen-bond acceptors (Lipinski definition) is 3. The van der Waals surface area contributed by atoms with E-state index in [1.807, 2.05) is 6.92 Å². The van der Waals surface area contributed by atoms with E-state index in [0.29, 0.717) is 32.9 Å². The van der Waals surface area contributed by atoms with Crippen LogP contribution in [0.4, 0.5) is 0 Å². The molecule has 150 valence electrons. The monoisotopic (exact) mass is 442 g/mol. The molecule has 0 saturated heterocycles. The summed E-state index contributed by atoms with van der Waals surface area (Å²) in [7, 11) is 0. The number of rotatable bonds is 8. The van der Waals surface area contributed by atoms with Crippen molar-refractivity contribution in [3.8, 4) is 5.75 Å². The first-order chi connectivity index (χ1) is 13.3. The molecule has 0 heterocycles. The number of nitrogens with one attached hydrogen (secondary N) is 1. The summed E-state index contributed by atoms with van der Waals surface area (Å²) in [5.74, 6) is -0.196. The highest BCUT2D eigenvalue weighted by Crippen LogP contribution is 2.26. The van der Waals surface area contributed by atoms with Crippen LogP contribution in [0.3, 0.4) is 0 Å². The van der Waals surface area contributed by atoms with Gasteiger partial charge in [-0.25, -0.2) is 0 Å². The molecule has 28 heavy (non-hydrogen) atoms. The molecule has 5 nitrogen and oxygen atoms in total. The van der Waals surface area contributed by atoms with Gasteiger partial charge in [0.2, 0.25) is 5.91 Å². The van der Waals surface area contributed by atoms with E-state index in [1.54, 1.807) is 49.4 Å². The van der Waals surface area contributed by atoms with Gasteiger partial charge in [-0.3, -0.25) is 9.59 Å². The van der Waals surface area contributed by atoms with Gasteiger partial charge < -0.3 is 15.0 Å². The Bertz CT molecular complexity index is 825. The molecule has 2 rings (SSSR count). The summed E-state index contributed by atoms with van der Waals surface area (Å²) in [6.07, 6.45) is 0. The van der Waals surface area contributed by atoms with Gasteiger partial charge in [0.1, 0.15) is 11.8 Å². The number of ether oxygens (including phenoxy) is 1. The highest BCUT2D eigenvalue weighted by molar-refractivity contribution is 6.36. The van der Waals surface area contributed by atoms with Gasteiger partial charge in [-0.2, -0.15) is 0 Å². The highest BCUT2D eigenvalue weighted by Gasteiger charge is 2.27. The number of carbonyl (C=O) groups excluding carboxylic acids is 2. The van der Waals surface area contributed by atoms with E-state index in [9.17, 15) is 9.59 Å². The van der Waals surface area contributed by atoms with Crippen LogP contribution in [0.1, 0.15) is 19.4 Å². The standard InChI is InChI=1S/C20H21Cl3N2O3/c1-3-24-20(27)13(2)25(11-16-17(22)8-5-9-18(16)23)19(26)12-28-15-7-4-6-14(21)10-15/h4-10,13H,3,11-12H2,1-2H3,(H,24,27)/t13-/m0/s1. The van der Waals surface area contributed by atoms with Crippen LogP contribution in [-0.4, -0.2) is 35.9 Å². The van der Waals surface area contributed by atoms with Crippen molar-refractivity contribution in [1.29, 1.82) is 0 Å². The minimum atomic E-state index is -0.734. The number of nitrogens with zero attached hydrogens (tertiary/aromatic N) is 1. The van der Waals surface area contributed by atoms with Crippen molar-refractivity contribution in [2.45, 2.75) is 26.4 Å². The van der Waals surface area contributed by atoms with E-state index >= 15 is 0 Å². The second-order valence-electron chi connectivity index (χ2n) is 6.04. The van der Waals surface area contributed by atoms with Gasteiger partial charge in [0, 0.05) is 33.7 Å². The zero-order chi connectivity index (χ0) is 20.7. The normalized spacial score (nSPS) is 11.6. The van der Waals surface area contributed by atoms with E-state index in [2.05, 4.69) is 5.32 Å². The van der Waals surface area contributed by atoms with Gasteiger partial charge in [0.15, 0.2) is 6.61 Å². The highest BCUT2D eigenvalue weighted by atomic mass is 35.5. The Morgan fingerprint density at radius 2 is 1.75 bits per heavy atom. The molecule has 2 aromatic rings. The van der Waals surface area contributed by atoms with Crippen LogP contribution in [0.2, 0.25) is 15.1 Å². The maximum absolute atomic E-state index is 12.9. The predicted molar refractivity (Wildman–Crippen MR) is 112 cm³/mol. The van der Waals surface area contributed by atoms with Crippen molar-refractivity contribution in [2.75, 3.05) is 13.2 Å². The van der Waals surface area contributed by atoms with E-state index < -0.39 is 6.04 Å². The lowest BCUT2D eigenvalue weighted by Gasteiger charge is -2.29. The van der Waals surface area contributed by atoms with Crippen molar-refractivity contribution in [3.05, 3.63) is 63.1 Å². The Morgan fingerprint density at radius 3 is 2.36 bits per heavy atom. The summed E-state index contributed by atoms with van der Waals surface area (Å²) < 4.78 is 5.54. The quantitative estimate of drug-likeness (QED) is 0.650. The topological polar surface area (TPSA) is 58.6 Å². The molecule has 1 atom stereocenters. The summed E-state index contributed by atoms with van der Waals surface area (Å²) in [5.41, 5.74) is 0.568. The zero-order valence-electron chi connectivity index (χ0n) is 15.5. The molecule has 0 aliphatic heterocycles. The summed E-state index contributed by atoms with van der Waals surface area (Å²) in [6, 6.07) is 11.1. The number of benzene rings is 2. The minimum Gasteiger partial charge on any atom is -0.484 e. The SMILES string of the molecule is CCNC(=O)[C@H](C)N(Cc1c(Cl)cccc1Cl)C(=O)COc1cccc(Cl)c1. The van der Waals surface area contributed by atoms with E-state index in [0.717, 1.165) is 0 Å². The molecule has 0 fully saturated rings. The number of likely N-dealkylation sites (N-methyl/N-ethyl adjacent to an activating group) is 1. The largest absolute Gasteiger partial charge is 0.484 e. The van der Waals surface area contributed by atoms with Crippen LogP contribution in [-0.2, 0) is 16.1 Å².